The Morgan fingerprint density at radius 2 is 1.79 bits per heavy atom. The highest BCUT2D eigenvalue weighted by molar-refractivity contribution is 6.33. The maximum atomic E-state index is 14.3. The Labute approximate surface area is 303 Å². The molecule has 2 amide bonds. The average Bonchev–Trinajstić information content (AvgIpc) is 3.60. The maximum Gasteiger partial charge on any atom is 0.416 e. The number of aromatic nitrogens is 7. The van der Waals surface area contributed by atoms with E-state index in [0.29, 0.717) is 11.3 Å². The number of aryl methyl sites for hydroxylation is 1. The van der Waals surface area contributed by atoms with E-state index in [1.54, 1.807) is 40.8 Å². The van der Waals surface area contributed by atoms with Gasteiger partial charge in [-0.1, -0.05) is 24.6 Å². The molecule has 2 aromatic carbocycles. The van der Waals surface area contributed by atoms with Crippen molar-refractivity contribution >= 4 is 51.5 Å². The molecule has 0 atom stereocenters. The Morgan fingerprint density at radius 3 is 2.51 bits per heavy atom. The predicted octanol–water partition coefficient (Wildman–Crippen LogP) is 4.75. The van der Waals surface area contributed by atoms with Gasteiger partial charge in [-0.25, -0.2) is 9.97 Å². The first kappa shape index (κ1) is 35.3. The minimum atomic E-state index is -4.62. The Kier molecular flexibility index (Phi) is 9.19. The van der Waals surface area contributed by atoms with Crippen LogP contribution in [0.2, 0.25) is 5.02 Å². The van der Waals surface area contributed by atoms with Crippen molar-refractivity contribution in [3.63, 3.8) is 0 Å². The molecule has 1 aliphatic heterocycles. The molecule has 1 saturated heterocycles. The molecule has 0 unspecified atom stereocenters. The van der Waals surface area contributed by atoms with Crippen molar-refractivity contribution < 1.29 is 27.9 Å². The second-order valence-electron chi connectivity index (χ2n) is 12.3. The zero-order valence-corrected chi connectivity index (χ0v) is 29.0. The van der Waals surface area contributed by atoms with Crippen LogP contribution in [0.25, 0.3) is 28.1 Å². The van der Waals surface area contributed by atoms with E-state index in [9.17, 15) is 32.7 Å². The van der Waals surface area contributed by atoms with Crippen molar-refractivity contribution in [2.24, 2.45) is 0 Å². The summed E-state index contributed by atoms with van der Waals surface area (Å²) in [7, 11) is 0. The van der Waals surface area contributed by atoms with Crippen LogP contribution in [0.5, 0.6) is 5.75 Å². The SMILES string of the molecule is CCc1c(N2CCN(C(=O)c3ncnc(C)c3O)CC2)c(=O)n2nc(-c3ccc4ncccc4c3)nc2n1CC(=O)Nc1ccc(C(F)(F)F)cc1Cl. The van der Waals surface area contributed by atoms with Gasteiger partial charge in [0.15, 0.2) is 17.3 Å². The van der Waals surface area contributed by atoms with Gasteiger partial charge in [0.2, 0.25) is 11.7 Å². The molecule has 2 N–H and O–H groups in total. The third-order valence-electron chi connectivity index (χ3n) is 8.98. The number of pyridine rings is 1. The third-order valence-corrected chi connectivity index (χ3v) is 9.30. The van der Waals surface area contributed by atoms with E-state index in [-0.39, 0.29) is 77.7 Å². The largest absolute Gasteiger partial charge is 0.504 e. The molecule has 6 aromatic rings. The summed E-state index contributed by atoms with van der Waals surface area (Å²) in [4.78, 5) is 61.4. The van der Waals surface area contributed by atoms with E-state index in [1.165, 1.54) is 11.2 Å². The number of halogens is 4. The van der Waals surface area contributed by atoms with E-state index in [2.05, 4.69) is 25.4 Å². The second-order valence-corrected chi connectivity index (χ2v) is 12.7. The van der Waals surface area contributed by atoms with Crippen LogP contribution >= 0.6 is 11.6 Å². The maximum absolute atomic E-state index is 14.3. The molecule has 0 aliphatic carbocycles. The Hall–Kier alpha value is -6.10. The number of fused-ring (bicyclic) bond motifs is 2. The van der Waals surface area contributed by atoms with Gasteiger partial charge in [0.05, 0.1) is 33.2 Å². The van der Waals surface area contributed by atoms with E-state index < -0.39 is 35.7 Å². The topological polar surface area (TPSA) is 164 Å². The molecule has 1 fully saturated rings. The van der Waals surface area contributed by atoms with Crippen LogP contribution in [0, 0.1) is 6.92 Å². The summed E-state index contributed by atoms with van der Waals surface area (Å²) in [5, 5.41) is 18.1. The van der Waals surface area contributed by atoms with Gasteiger partial charge in [-0.2, -0.15) is 22.7 Å². The lowest BCUT2D eigenvalue weighted by atomic mass is 10.1. The molecule has 18 heteroatoms. The van der Waals surface area contributed by atoms with Crippen LogP contribution in [-0.2, 0) is 23.9 Å². The minimum Gasteiger partial charge on any atom is -0.504 e. The highest BCUT2D eigenvalue weighted by atomic mass is 35.5. The number of piperazine rings is 1. The fourth-order valence-electron chi connectivity index (χ4n) is 6.30. The van der Waals surface area contributed by atoms with E-state index in [0.717, 1.165) is 33.6 Å². The van der Waals surface area contributed by atoms with Crippen LogP contribution in [0.15, 0.2) is 65.8 Å². The van der Waals surface area contributed by atoms with Crippen LogP contribution in [0.3, 0.4) is 0 Å². The van der Waals surface area contributed by atoms with Crippen molar-refractivity contribution in [3.8, 4) is 17.1 Å². The zero-order chi connectivity index (χ0) is 37.6. The highest BCUT2D eigenvalue weighted by Crippen LogP contribution is 2.34. The van der Waals surface area contributed by atoms with Gasteiger partial charge < -0.3 is 24.8 Å². The number of alkyl halides is 3. The number of hydrogen-bond donors (Lipinski definition) is 2. The average molecular weight is 747 g/mol. The van der Waals surface area contributed by atoms with Gasteiger partial charge in [-0.15, -0.1) is 5.10 Å². The summed E-state index contributed by atoms with van der Waals surface area (Å²) in [5.74, 6) is -1.16. The molecule has 4 aromatic heterocycles. The van der Waals surface area contributed by atoms with Crippen LogP contribution in [0.1, 0.15) is 34.4 Å². The van der Waals surface area contributed by atoms with Crippen molar-refractivity contribution in [2.75, 3.05) is 36.4 Å². The van der Waals surface area contributed by atoms with Gasteiger partial charge in [-0.05, 0) is 55.8 Å². The molecule has 1 aliphatic rings. The van der Waals surface area contributed by atoms with Crippen LogP contribution in [0.4, 0.5) is 24.5 Å². The standard InChI is InChI=1S/C35H30ClF3N10O4/c1-3-26-29(46-11-13-47(14-12-46)32(52)28-30(51)19(2)41-18-42-28)33(53)49-34(44-31(45-49)21-6-8-24-20(15-21)5-4-10-40-24)48(26)17-27(50)43-25-9-7-22(16-23(25)36)35(37,38)39/h4-10,15-16,18,51H,3,11-14,17H2,1-2H3,(H,43,50). The number of carbonyl (C=O) groups excluding carboxylic acids is 2. The fourth-order valence-corrected chi connectivity index (χ4v) is 6.53. The molecule has 5 heterocycles. The van der Waals surface area contributed by atoms with Gasteiger partial charge >= 0.3 is 6.18 Å². The number of amides is 2. The van der Waals surface area contributed by atoms with Crippen LogP contribution in [-0.4, -0.2) is 82.1 Å². The van der Waals surface area contributed by atoms with Gasteiger partial charge in [0, 0.05) is 43.3 Å². The number of aromatic hydroxyl groups is 1. The van der Waals surface area contributed by atoms with Crippen molar-refractivity contribution in [1.82, 2.24) is 39.0 Å². The van der Waals surface area contributed by atoms with E-state index >= 15 is 0 Å². The zero-order valence-electron chi connectivity index (χ0n) is 28.2. The number of rotatable bonds is 7. The molecule has 53 heavy (non-hydrogen) atoms. The van der Waals surface area contributed by atoms with Crippen molar-refractivity contribution in [1.29, 1.82) is 0 Å². The van der Waals surface area contributed by atoms with Gasteiger partial charge in [-0.3, -0.25) is 19.4 Å². The second kappa shape index (κ2) is 13.8. The number of nitrogens with one attached hydrogen (secondary N) is 1. The van der Waals surface area contributed by atoms with E-state index in [4.69, 9.17) is 16.6 Å². The predicted molar refractivity (Wildman–Crippen MR) is 189 cm³/mol. The summed E-state index contributed by atoms with van der Waals surface area (Å²) in [6.07, 6.45) is -1.48. The first-order valence-corrected chi connectivity index (χ1v) is 16.8. The first-order chi connectivity index (χ1) is 25.3. The number of anilines is 2. The summed E-state index contributed by atoms with van der Waals surface area (Å²) in [6, 6.07) is 11.7. The molecule has 14 nitrogen and oxygen atoms in total. The summed E-state index contributed by atoms with van der Waals surface area (Å²) < 4.78 is 42.4. The lowest BCUT2D eigenvalue weighted by Gasteiger charge is -2.36. The molecular weight excluding hydrogens is 717 g/mol. The number of carbonyl (C=O) groups is 2. The molecule has 7 rings (SSSR count). The van der Waals surface area contributed by atoms with Crippen LogP contribution < -0.4 is 15.8 Å². The van der Waals surface area contributed by atoms with E-state index in [1.807, 2.05) is 19.1 Å². The Bertz CT molecular complexity index is 2480. The lowest BCUT2D eigenvalue weighted by Crippen LogP contribution is -2.51. The molecule has 0 saturated carbocycles. The normalized spacial score (nSPS) is 13.5. The highest BCUT2D eigenvalue weighted by Gasteiger charge is 2.32. The quantitative estimate of drug-likeness (QED) is 0.233. The number of hydrogen-bond acceptors (Lipinski definition) is 10. The Balaban J connectivity index is 1.27. The minimum absolute atomic E-state index is 0.0300. The molecule has 0 bridgehead atoms. The lowest BCUT2D eigenvalue weighted by molar-refractivity contribution is -0.137. The fraction of sp³-hybridized carbons (Fsp3) is 0.257. The summed E-state index contributed by atoms with van der Waals surface area (Å²) >= 11 is 6.14. The molecule has 0 spiro atoms. The summed E-state index contributed by atoms with van der Waals surface area (Å²) in [6.45, 7) is 3.77. The summed E-state index contributed by atoms with van der Waals surface area (Å²) in [5.41, 5.74) is 0.679. The van der Waals surface area contributed by atoms with Gasteiger partial charge in [0.1, 0.15) is 18.6 Å². The smallest absolute Gasteiger partial charge is 0.416 e. The number of benzene rings is 2. The third kappa shape index (κ3) is 6.70. The van der Waals surface area contributed by atoms with Crippen molar-refractivity contribution in [3.05, 3.63) is 99.1 Å². The number of nitrogens with zero attached hydrogens (tertiary/aromatic N) is 9. The molecular formula is C35H30ClF3N10O4. The molecule has 0 radical (unpaired) electrons. The van der Waals surface area contributed by atoms with Crippen molar-refractivity contribution in [2.45, 2.75) is 33.0 Å². The van der Waals surface area contributed by atoms with Gasteiger partial charge in [0.25, 0.3) is 11.5 Å². The Morgan fingerprint density at radius 1 is 1.02 bits per heavy atom. The monoisotopic (exact) mass is 746 g/mol. The molecule has 272 valence electrons. The first-order valence-electron chi connectivity index (χ1n) is 16.4.